The maximum atomic E-state index is 11.5. The Balaban J connectivity index is 2.74. The highest BCUT2D eigenvalue weighted by Gasteiger charge is 2.16. The first-order valence-corrected chi connectivity index (χ1v) is 7.41. The number of aryl methyl sites for hydroxylation is 1. The van der Waals surface area contributed by atoms with E-state index in [4.69, 9.17) is 10.7 Å². The third-order valence-electron chi connectivity index (χ3n) is 2.58. The molecule has 0 bridgehead atoms. The van der Waals surface area contributed by atoms with E-state index in [-0.39, 0.29) is 4.90 Å². The smallest absolute Gasteiger partial charge is 0.207 e. The topological polar surface area (TPSA) is 34.1 Å². The highest BCUT2D eigenvalue weighted by atomic mass is 35.7. The van der Waals surface area contributed by atoms with E-state index in [1.807, 2.05) is 31.2 Å². The van der Waals surface area contributed by atoms with Crippen LogP contribution in [0.25, 0.3) is 11.1 Å². The molecule has 2 aromatic carbocycles. The monoisotopic (exact) mass is 266 g/mol. The Hall–Kier alpha value is -1.32. The van der Waals surface area contributed by atoms with Crippen molar-refractivity contribution in [2.24, 2.45) is 0 Å². The van der Waals surface area contributed by atoms with E-state index in [9.17, 15) is 8.42 Å². The van der Waals surface area contributed by atoms with Crippen molar-refractivity contribution in [2.75, 3.05) is 0 Å². The maximum absolute atomic E-state index is 11.5. The molecule has 0 radical (unpaired) electrons. The molecule has 0 aliphatic carbocycles. The summed E-state index contributed by atoms with van der Waals surface area (Å²) in [6.07, 6.45) is 0. The molecule has 0 fully saturated rings. The molecule has 0 saturated heterocycles. The number of rotatable bonds is 2. The van der Waals surface area contributed by atoms with Gasteiger partial charge in [-0.25, -0.2) is 8.42 Å². The molecule has 17 heavy (non-hydrogen) atoms. The summed E-state index contributed by atoms with van der Waals surface area (Å²) in [4.78, 5) is 0.149. The molecule has 0 unspecified atom stereocenters. The zero-order valence-corrected chi connectivity index (χ0v) is 10.8. The third kappa shape index (κ3) is 2.51. The van der Waals surface area contributed by atoms with Crippen molar-refractivity contribution in [1.29, 1.82) is 0 Å². The van der Waals surface area contributed by atoms with E-state index < -0.39 is 9.05 Å². The molecule has 0 aromatic heterocycles. The summed E-state index contributed by atoms with van der Waals surface area (Å²) in [6.45, 7) is 1.94. The van der Waals surface area contributed by atoms with Crippen LogP contribution in [0.5, 0.6) is 0 Å². The van der Waals surface area contributed by atoms with Gasteiger partial charge in [0.15, 0.2) is 0 Å². The summed E-state index contributed by atoms with van der Waals surface area (Å²) in [5, 5.41) is 0. The molecule has 0 spiro atoms. The molecule has 0 atom stereocenters. The Bertz CT molecular complexity index is 648. The van der Waals surface area contributed by atoms with Crippen LogP contribution < -0.4 is 0 Å². The fraction of sp³-hybridized carbons (Fsp3) is 0.0769. The van der Waals surface area contributed by atoms with Gasteiger partial charge in [-0.05, 0) is 24.1 Å². The van der Waals surface area contributed by atoms with Gasteiger partial charge in [-0.3, -0.25) is 0 Å². The summed E-state index contributed by atoms with van der Waals surface area (Å²) in [5.41, 5.74) is 2.54. The van der Waals surface area contributed by atoms with Crippen LogP contribution in [0.2, 0.25) is 0 Å². The lowest BCUT2D eigenvalue weighted by Gasteiger charge is -2.09. The molecular formula is C13H11ClO2S. The SMILES string of the molecule is Cc1ccccc1-c1ccccc1S(=O)(=O)Cl. The van der Waals surface area contributed by atoms with Crippen molar-refractivity contribution in [3.05, 3.63) is 54.1 Å². The van der Waals surface area contributed by atoms with Gasteiger partial charge in [-0.15, -0.1) is 0 Å². The van der Waals surface area contributed by atoms with Gasteiger partial charge in [0.2, 0.25) is 0 Å². The molecule has 0 aliphatic rings. The van der Waals surface area contributed by atoms with E-state index in [1.165, 1.54) is 6.07 Å². The van der Waals surface area contributed by atoms with Crippen LogP contribution in [0.1, 0.15) is 5.56 Å². The molecule has 0 amide bonds. The summed E-state index contributed by atoms with van der Waals surface area (Å²) < 4.78 is 23.0. The fourth-order valence-electron chi connectivity index (χ4n) is 1.78. The molecule has 0 N–H and O–H groups in total. The first-order chi connectivity index (χ1) is 8.00. The zero-order chi connectivity index (χ0) is 12.5. The molecule has 0 heterocycles. The summed E-state index contributed by atoms with van der Waals surface area (Å²) >= 11 is 0. The van der Waals surface area contributed by atoms with Crippen LogP contribution in [-0.4, -0.2) is 8.42 Å². The number of hydrogen-bond donors (Lipinski definition) is 0. The summed E-state index contributed by atoms with van der Waals surface area (Å²) in [7, 11) is 1.71. The van der Waals surface area contributed by atoms with Crippen molar-refractivity contribution in [3.8, 4) is 11.1 Å². The van der Waals surface area contributed by atoms with Crippen molar-refractivity contribution in [1.82, 2.24) is 0 Å². The lowest BCUT2D eigenvalue weighted by Crippen LogP contribution is -1.95. The van der Waals surface area contributed by atoms with Crippen LogP contribution in [0, 0.1) is 6.92 Å². The van der Waals surface area contributed by atoms with Crippen LogP contribution in [0.3, 0.4) is 0 Å². The number of halogens is 1. The first kappa shape index (κ1) is 12.1. The molecule has 4 heteroatoms. The molecule has 2 aromatic rings. The molecule has 2 rings (SSSR count). The summed E-state index contributed by atoms with van der Waals surface area (Å²) in [5.74, 6) is 0. The van der Waals surface area contributed by atoms with Crippen LogP contribution in [-0.2, 0) is 9.05 Å². The second-order valence-corrected chi connectivity index (χ2v) is 6.28. The average molecular weight is 267 g/mol. The van der Waals surface area contributed by atoms with Gasteiger partial charge in [0.05, 0.1) is 4.90 Å². The normalized spacial score (nSPS) is 11.4. The minimum atomic E-state index is -3.73. The predicted octanol–water partition coefficient (Wildman–Crippen LogP) is 3.59. The van der Waals surface area contributed by atoms with Gasteiger partial charge >= 0.3 is 0 Å². The molecule has 0 aliphatic heterocycles. The third-order valence-corrected chi connectivity index (χ3v) is 3.97. The summed E-state index contributed by atoms with van der Waals surface area (Å²) in [6, 6.07) is 14.4. The van der Waals surface area contributed by atoms with E-state index in [0.717, 1.165) is 11.1 Å². The zero-order valence-electron chi connectivity index (χ0n) is 9.22. The van der Waals surface area contributed by atoms with Crippen molar-refractivity contribution < 1.29 is 8.42 Å². The molecule has 88 valence electrons. The number of hydrogen-bond acceptors (Lipinski definition) is 2. The van der Waals surface area contributed by atoms with E-state index >= 15 is 0 Å². The van der Waals surface area contributed by atoms with Gasteiger partial charge in [0.25, 0.3) is 9.05 Å². The van der Waals surface area contributed by atoms with Gasteiger partial charge in [0.1, 0.15) is 0 Å². The standard InChI is InChI=1S/C13H11ClO2S/c1-10-6-2-3-7-11(10)12-8-4-5-9-13(12)17(14,15)16/h2-9H,1H3. The van der Waals surface area contributed by atoms with Crippen LogP contribution in [0.4, 0.5) is 0 Å². The van der Waals surface area contributed by atoms with E-state index in [0.29, 0.717) is 5.56 Å². The quantitative estimate of drug-likeness (QED) is 0.779. The minimum absolute atomic E-state index is 0.149. The highest BCUT2D eigenvalue weighted by molar-refractivity contribution is 8.13. The Morgan fingerprint density at radius 3 is 2.00 bits per heavy atom. The van der Waals surface area contributed by atoms with Crippen LogP contribution >= 0.6 is 10.7 Å². The Kier molecular flexibility index (Phi) is 3.22. The van der Waals surface area contributed by atoms with Gasteiger partial charge in [-0.1, -0.05) is 42.5 Å². The lowest BCUT2D eigenvalue weighted by atomic mass is 10.0. The second-order valence-electron chi connectivity index (χ2n) is 3.75. The Morgan fingerprint density at radius 2 is 1.41 bits per heavy atom. The van der Waals surface area contributed by atoms with Crippen molar-refractivity contribution >= 4 is 19.7 Å². The van der Waals surface area contributed by atoms with E-state index in [1.54, 1.807) is 18.2 Å². The Labute approximate surface area is 105 Å². The van der Waals surface area contributed by atoms with Gasteiger partial charge < -0.3 is 0 Å². The van der Waals surface area contributed by atoms with Gasteiger partial charge in [0, 0.05) is 16.2 Å². The predicted molar refractivity (Wildman–Crippen MR) is 69.7 cm³/mol. The second kappa shape index (κ2) is 4.51. The highest BCUT2D eigenvalue weighted by Crippen LogP contribution is 2.31. The van der Waals surface area contributed by atoms with Crippen LogP contribution in [0.15, 0.2) is 53.4 Å². The van der Waals surface area contributed by atoms with Crippen molar-refractivity contribution in [3.63, 3.8) is 0 Å². The van der Waals surface area contributed by atoms with Crippen molar-refractivity contribution in [2.45, 2.75) is 11.8 Å². The Morgan fingerprint density at radius 1 is 0.882 bits per heavy atom. The maximum Gasteiger partial charge on any atom is 0.261 e. The first-order valence-electron chi connectivity index (χ1n) is 5.10. The largest absolute Gasteiger partial charge is 0.261 e. The molecule has 2 nitrogen and oxygen atoms in total. The van der Waals surface area contributed by atoms with Gasteiger partial charge in [-0.2, -0.15) is 0 Å². The average Bonchev–Trinajstić information content (AvgIpc) is 2.28. The number of benzene rings is 2. The van der Waals surface area contributed by atoms with E-state index in [2.05, 4.69) is 0 Å². The molecular weight excluding hydrogens is 256 g/mol. The lowest BCUT2D eigenvalue weighted by molar-refractivity contribution is 0.610. The molecule has 0 saturated carbocycles. The fourth-order valence-corrected chi connectivity index (χ4v) is 2.86. The minimum Gasteiger partial charge on any atom is -0.207 e.